The van der Waals surface area contributed by atoms with Gasteiger partial charge in [0.25, 0.3) is 6.43 Å². The van der Waals surface area contributed by atoms with Crippen LogP contribution in [0.2, 0.25) is 0 Å². The fraction of sp³-hybridized carbons (Fsp3) is 0.167. The van der Waals surface area contributed by atoms with E-state index in [2.05, 4.69) is 5.10 Å². The summed E-state index contributed by atoms with van der Waals surface area (Å²) in [6, 6.07) is 9.35. The maximum atomic E-state index is 14.3. The predicted octanol–water partition coefficient (Wildman–Crippen LogP) is 4.47. The molecular weight excluding hydrogens is 384 g/mol. The number of nitrogens with zero attached hydrogens (tertiary/aromatic N) is 2. The Kier molecular flexibility index (Phi) is 4.81. The second kappa shape index (κ2) is 6.80. The minimum absolute atomic E-state index is 0.00810. The van der Waals surface area contributed by atoms with Crippen molar-refractivity contribution in [2.24, 2.45) is 0 Å². The summed E-state index contributed by atoms with van der Waals surface area (Å²) in [5.41, 5.74) is 0.578. The lowest BCUT2D eigenvalue weighted by Gasteiger charge is -2.10. The third kappa shape index (κ3) is 3.73. The zero-order chi connectivity index (χ0) is 19.9. The molecule has 0 N–H and O–H groups in total. The van der Waals surface area contributed by atoms with Gasteiger partial charge in [-0.15, -0.1) is 0 Å². The van der Waals surface area contributed by atoms with Crippen molar-refractivity contribution in [1.82, 2.24) is 9.78 Å². The van der Waals surface area contributed by atoms with E-state index >= 15 is 0 Å². The van der Waals surface area contributed by atoms with Crippen LogP contribution in [0.4, 0.5) is 17.6 Å². The number of alkyl halides is 2. The molecule has 1 aromatic heterocycles. The Morgan fingerprint density at radius 1 is 1.04 bits per heavy atom. The van der Waals surface area contributed by atoms with Crippen LogP contribution in [0, 0.1) is 18.6 Å². The molecule has 0 aliphatic rings. The van der Waals surface area contributed by atoms with Crippen LogP contribution >= 0.6 is 0 Å². The van der Waals surface area contributed by atoms with Crippen LogP contribution in [-0.2, 0) is 9.84 Å². The van der Waals surface area contributed by atoms with Crippen LogP contribution < -0.4 is 0 Å². The monoisotopic (exact) mass is 398 g/mol. The summed E-state index contributed by atoms with van der Waals surface area (Å²) in [7, 11) is -4.13. The van der Waals surface area contributed by atoms with Crippen LogP contribution in [0.15, 0.2) is 47.4 Å². The average molecular weight is 398 g/mol. The van der Waals surface area contributed by atoms with E-state index in [1.807, 2.05) is 0 Å². The zero-order valence-corrected chi connectivity index (χ0v) is 15.1. The van der Waals surface area contributed by atoms with Gasteiger partial charge in [0, 0.05) is 11.8 Å². The van der Waals surface area contributed by atoms with Crippen molar-refractivity contribution in [2.75, 3.05) is 6.26 Å². The zero-order valence-electron chi connectivity index (χ0n) is 14.2. The normalized spacial score (nSPS) is 12.0. The summed E-state index contributed by atoms with van der Waals surface area (Å²) in [6.45, 7) is 1.79. The number of aryl methyl sites for hydroxylation is 1. The van der Waals surface area contributed by atoms with Crippen LogP contribution in [-0.4, -0.2) is 24.5 Å². The summed E-state index contributed by atoms with van der Waals surface area (Å²) < 4.78 is 79.0. The van der Waals surface area contributed by atoms with Gasteiger partial charge in [-0.1, -0.05) is 12.1 Å². The van der Waals surface area contributed by atoms with E-state index < -0.39 is 38.5 Å². The number of halogens is 4. The standard InChI is InChI=1S/C18H14F4N2O2S/c1-10-4-3-5-12(6-10)24-16(9-15(23-24)18(21)22)11-7-13(19)17(14(20)8-11)27(2,25)26/h3-9,18H,1-2H3. The van der Waals surface area contributed by atoms with Gasteiger partial charge in [-0.2, -0.15) is 5.10 Å². The van der Waals surface area contributed by atoms with E-state index in [9.17, 15) is 26.0 Å². The highest BCUT2D eigenvalue weighted by Crippen LogP contribution is 2.31. The summed E-state index contributed by atoms with van der Waals surface area (Å²) in [4.78, 5) is -1.07. The number of benzene rings is 2. The van der Waals surface area contributed by atoms with E-state index in [0.717, 1.165) is 28.4 Å². The van der Waals surface area contributed by atoms with Gasteiger partial charge in [0.15, 0.2) is 9.84 Å². The molecule has 1 heterocycles. The van der Waals surface area contributed by atoms with Crippen molar-refractivity contribution in [3.05, 3.63) is 65.4 Å². The first-order valence-corrected chi connectivity index (χ1v) is 9.61. The van der Waals surface area contributed by atoms with Crippen molar-refractivity contribution in [1.29, 1.82) is 0 Å². The third-order valence-corrected chi connectivity index (χ3v) is 4.99. The van der Waals surface area contributed by atoms with E-state index in [1.165, 1.54) is 0 Å². The van der Waals surface area contributed by atoms with Crippen LogP contribution in [0.1, 0.15) is 17.7 Å². The summed E-state index contributed by atoms with van der Waals surface area (Å²) in [5.74, 6) is -2.61. The molecule has 0 bridgehead atoms. The number of aromatic nitrogens is 2. The molecule has 0 saturated heterocycles. The molecule has 0 unspecified atom stereocenters. The molecule has 9 heteroatoms. The topological polar surface area (TPSA) is 52.0 Å². The lowest BCUT2D eigenvalue weighted by molar-refractivity contribution is 0.145. The van der Waals surface area contributed by atoms with E-state index in [1.54, 1.807) is 31.2 Å². The first-order chi connectivity index (χ1) is 12.6. The Morgan fingerprint density at radius 3 is 2.19 bits per heavy atom. The van der Waals surface area contributed by atoms with E-state index in [0.29, 0.717) is 11.9 Å². The quantitative estimate of drug-likeness (QED) is 0.610. The highest BCUT2D eigenvalue weighted by molar-refractivity contribution is 7.90. The highest BCUT2D eigenvalue weighted by atomic mass is 32.2. The largest absolute Gasteiger partial charge is 0.282 e. The molecule has 0 fully saturated rings. The van der Waals surface area contributed by atoms with Crippen molar-refractivity contribution in [3.8, 4) is 16.9 Å². The molecule has 0 saturated carbocycles. The smallest absolute Gasteiger partial charge is 0.233 e. The van der Waals surface area contributed by atoms with Crippen LogP contribution in [0.5, 0.6) is 0 Å². The second-order valence-corrected chi connectivity index (χ2v) is 8.00. The molecule has 3 rings (SSSR count). The molecule has 0 radical (unpaired) electrons. The van der Waals surface area contributed by atoms with Gasteiger partial charge >= 0.3 is 0 Å². The molecule has 27 heavy (non-hydrogen) atoms. The molecule has 4 nitrogen and oxygen atoms in total. The fourth-order valence-electron chi connectivity index (χ4n) is 2.73. The number of rotatable bonds is 4. The molecule has 142 valence electrons. The summed E-state index contributed by atoms with van der Waals surface area (Å²) in [5, 5.41) is 3.83. The molecular formula is C18H14F4N2O2S. The fourth-order valence-corrected chi connectivity index (χ4v) is 3.56. The molecule has 0 aliphatic heterocycles. The molecule has 3 aromatic rings. The van der Waals surface area contributed by atoms with Gasteiger partial charge in [0.1, 0.15) is 22.2 Å². The van der Waals surface area contributed by atoms with Crippen molar-refractivity contribution in [3.63, 3.8) is 0 Å². The van der Waals surface area contributed by atoms with E-state index in [4.69, 9.17) is 0 Å². The minimum Gasteiger partial charge on any atom is -0.233 e. The predicted molar refractivity (Wildman–Crippen MR) is 91.7 cm³/mol. The number of hydrogen-bond acceptors (Lipinski definition) is 3. The summed E-state index contributed by atoms with van der Waals surface area (Å²) in [6.07, 6.45) is -2.21. The number of hydrogen-bond donors (Lipinski definition) is 0. The van der Waals surface area contributed by atoms with Gasteiger partial charge in [0.2, 0.25) is 0 Å². The minimum atomic E-state index is -4.13. The number of sulfone groups is 1. The highest BCUT2D eigenvalue weighted by Gasteiger charge is 2.24. The van der Waals surface area contributed by atoms with Gasteiger partial charge < -0.3 is 0 Å². The van der Waals surface area contributed by atoms with Crippen molar-refractivity contribution < 1.29 is 26.0 Å². The first kappa shape index (κ1) is 19.1. The lowest BCUT2D eigenvalue weighted by atomic mass is 10.1. The molecule has 0 spiro atoms. The first-order valence-electron chi connectivity index (χ1n) is 7.72. The second-order valence-electron chi connectivity index (χ2n) is 6.05. The maximum Gasteiger partial charge on any atom is 0.282 e. The van der Waals surface area contributed by atoms with Crippen molar-refractivity contribution in [2.45, 2.75) is 18.2 Å². The van der Waals surface area contributed by atoms with Crippen LogP contribution in [0.3, 0.4) is 0 Å². The molecule has 0 atom stereocenters. The SMILES string of the molecule is Cc1cccc(-n2nc(C(F)F)cc2-c2cc(F)c(S(C)(=O)=O)c(F)c2)c1. The average Bonchev–Trinajstić information content (AvgIpc) is 2.98. The van der Waals surface area contributed by atoms with Gasteiger partial charge in [-0.25, -0.2) is 30.7 Å². The molecule has 0 aliphatic carbocycles. The Hall–Kier alpha value is -2.68. The molecule has 0 amide bonds. The van der Waals surface area contributed by atoms with Gasteiger partial charge in [-0.3, -0.25) is 0 Å². The third-order valence-electron chi connectivity index (χ3n) is 3.86. The van der Waals surface area contributed by atoms with Crippen LogP contribution in [0.25, 0.3) is 16.9 Å². The Morgan fingerprint density at radius 2 is 1.67 bits per heavy atom. The van der Waals surface area contributed by atoms with E-state index in [-0.39, 0.29) is 11.3 Å². The maximum absolute atomic E-state index is 14.3. The van der Waals surface area contributed by atoms with Gasteiger partial charge in [0.05, 0.1) is 11.4 Å². The van der Waals surface area contributed by atoms with Crippen molar-refractivity contribution >= 4 is 9.84 Å². The molecule has 2 aromatic carbocycles. The Balaban J connectivity index is 2.26. The van der Waals surface area contributed by atoms with Gasteiger partial charge in [-0.05, 0) is 42.8 Å². The lowest BCUT2D eigenvalue weighted by Crippen LogP contribution is -2.06. The Bertz CT molecular complexity index is 1100. The Labute approximate surface area is 153 Å². The summed E-state index contributed by atoms with van der Waals surface area (Å²) >= 11 is 0.